The van der Waals surface area contributed by atoms with Crippen LogP contribution in [-0.4, -0.2) is 11.7 Å². The van der Waals surface area contributed by atoms with E-state index in [0.717, 1.165) is 12.3 Å². The zero-order chi connectivity index (χ0) is 8.98. The molecule has 2 bridgehead atoms. The SMILES string of the molecule is C=C1C2(CO)CCC(C2)C1(C)C. The summed E-state index contributed by atoms with van der Waals surface area (Å²) in [6.45, 7) is 9.03. The normalized spacial score (nSPS) is 43.9. The quantitative estimate of drug-likeness (QED) is 0.593. The molecule has 1 N–H and O–H groups in total. The van der Waals surface area contributed by atoms with E-state index in [4.69, 9.17) is 0 Å². The second kappa shape index (κ2) is 2.14. The van der Waals surface area contributed by atoms with E-state index in [1.165, 1.54) is 18.4 Å². The van der Waals surface area contributed by atoms with Crippen molar-refractivity contribution in [3.8, 4) is 0 Å². The molecule has 2 fully saturated rings. The minimum absolute atomic E-state index is 0.105. The van der Waals surface area contributed by atoms with E-state index in [9.17, 15) is 5.11 Å². The molecule has 0 aromatic rings. The first-order chi connectivity index (χ1) is 5.53. The number of fused-ring (bicyclic) bond motifs is 2. The molecule has 68 valence electrons. The number of rotatable bonds is 1. The van der Waals surface area contributed by atoms with E-state index in [0.29, 0.717) is 6.61 Å². The summed E-state index contributed by atoms with van der Waals surface area (Å²) < 4.78 is 0. The van der Waals surface area contributed by atoms with Gasteiger partial charge in [0.25, 0.3) is 0 Å². The molecule has 2 saturated carbocycles. The molecular weight excluding hydrogens is 148 g/mol. The lowest BCUT2D eigenvalue weighted by Gasteiger charge is -2.37. The van der Waals surface area contributed by atoms with Gasteiger partial charge in [0.1, 0.15) is 0 Å². The van der Waals surface area contributed by atoms with E-state index >= 15 is 0 Å². The van der Waals surface area contributed by atoms with Gasteiger partial charge in [-0.1, -0.05) is 26.0 Å². The van der Waals surface area contributed by atoms with Crippen LogP contribution in [0.25, 0.3) is 0 Å². The minimum Gasteiger partial charge on any atom is -0.395 e. The highest BCUT2D eigenvalue weighted by Gasteiger charge is 2.56. The molecule has 2 unspecified atom stereocenters. The fourth-order valence-corrected chi connectivity index (χ4v) is 3.19. The molecule has 2 atom stereocenters. The van der Waals surface area contributed by atoms with Gasteiger partial charge in [-0.15, -0.1) is 0 Å². The van der Waals surface area contributed by atoms with Gasteiger partial charge < -0.3 is 5.11 Å². The molecule has 0 aliphatic heterocycles. The zero-order valence-electron chi connectivity index (χ0n) is 8.06. The van der Waals surface area contributed by atoms with Gasteiger partial charge in [-0.2, -0.15) is 0 Å². The summed E-state index contributed by atoms with van der Waals surface area (Å²) in [5.74, 6) is 0.775. The van der Waals surface area contributed by atoms with Gasteiger partial charge in [0.05, 0.1) is 6.61 Å². The van der Waals surface area contributed by atoms with Crippen LogP contribution in [0.3, 0.4) is 0 Å². The average molecular weight is 166 g/mol. The Bertz CT molecular complexity index is 229. The molecule has 2 rings (SSSR count). The Labute approximate surface area is 74.5 Å². The predicted octanol–water partition coefficient (Wildman–Crippen LogP) is 2.36. The average Bonchev–Trinajstić information content (AvgIpc) is 2.53. The summed E-state index contributed by atoms with van der Waals surface area (Å²) in [4.78, 5) is 0. The first-order valence-electron chi connectivity index (χ1n) is 4.84. The van der Waals surface area contributed by atoms with Crippen molar-refractivity contribution < 1.29 is 5.11 Å². The summed E-state index contributed by atoms with van der Waals surface area (Å²) >= 11 is 0. The summed E-state index contributed by atoms with van der Waals surface area (Å²) in [5, 5.41) is 9.38. The Balaban J connectivity index is 2.38. The van der Waals surface area contributed by atoms with Crippen LogP contribution in [0.4, 0.5) is 0 Å². The minimum atomic E-state index is 0.105. The lowest BCUT2D eigenvalue weighted by molar-refractivity contribution is 0.159. The van der Waals surface area contributed by atoms with Crippen molar-refractivity contribution in [2.45, 2.75) is 33.1 Å². The van der Waals surface area contributed by atoms with E-state index in [1.54, 1.807) is 0 Å². The maximum absolute atomic E-state index is 9.38. The topological polar surface area (TPSA) is 20.2 Å². The highest BCUT2D eigenvalue weighted by atomic mass is 16.3. The van der Waals surface area contributed by atoms with Crippen molar-refractivity contribution in [3.05, 3.63) is 12.2 Å². The molecule has 1 nitrogen and oxygen atoms in total. The molecule has 0 heterocycles. The second-order valence-corrected chi connectivity index (χ2v) is 5.08. The van der Waals surface area contributed by atoms with Gasteiger partial charge >= 0.3 is 0 Å². The highest BCUT2D eigenvalue weighted by molar-refractivity contribution is 5.29. The Kier molecular flexibility index (Phi) is 1.48. The van der Waals surface area contributed by atoms with Crippen LogP contribution < -0.4 is 0 Å². The van der Waals surface area contributed by atoms with Crippen molar-refractivity contribution in [3.63, 3.8) is 0 Å². The van der Waals surface area contributed by atoms with Crippen LogP contribution in [0.15, 0.2) is 12.2 Å². The first-order valence-corrected chi connectivity index (χ1v) is 4.84. The van der Waals surface area contributed by atoms with Crippen LogP contribution in [0.2, 0.25) is 0 Å². The summed E-state index contributed by atoms with van der Waals surface area (Å²) in [5.41, 5.74) is 1.68. The third-order valence-electron chi connectivity index (χ3n) is 4.35. The molecule has 0 amide bonds. The van der Waals surface area contributed by atoms with Crippen LogP contribution in [0, 0.1) is 16.7 Å². The Hall–Kier alpha value is -0.300. The maximum atomic E-state index is 9.38. The summed E-state index contributed by atoms with van der Waals surface area (Å²) in [7, 11) is 0. The molecule has 0 spiro atoms. The van der Waals surface area contributed by atoms with Crippen LogP contribution in [0.1, 0.15) is 33.1 Å². The van der Waals surface area contributed by atoms with Crippen molar-refractivity contribution in [2.75, 3.05) is 6.61 Å². The number of aliphatic hydroxyl groups is 1. The summed E-state index contributed by atoms with van der Waals surface area (Å²) in [6.07, 6.45) is 3.62. The van der Waals surface area contributed by atoms with E-state index < -0.39 is 0 Å². The third kappa shape index (κ3) is 0.731. The van der Waals surface area contributed by atoms with E-state index in [-0.39, 0.29) is 10.8 Å². The molecule has 1 heteroatoms. The molecule has 2 aliphatic carbocycles. The zero-order valence-corrected chi connectivity index (χ0v) is 8.06. The Morgan fingerprint density at radius 1 is 1.58 bits per heavy atom. The fourth-order valence-electron chi connectivity index (χ4n) is 3.19. The molecule has 0 aromatic heterocycles. The predicted molar refractivity (Wildman–Crippen MR) is 49.8 cm³/mol. The molecule has 2 aliphatic rings. The molecule has 12 heavy (non-hydrogen) atoms. The highest BCUT2D eigenvalue weighted by Crippen LogP contribution is 2.64. The van der Waals surface area contributed by atoms with Gasteiger partial charge in [-0.05, 0) is 30.6 Å². The van der Waals surface area contributed by atoms with Gasteiger partial charge in [-0.3, -0.25) is 0 Å². The van der Waals surface area contributed by atoms with Gasteiger partial charge in [0, 0.05) is 5.41 Å². The summed E-state index contributed by atoms with van der Waals surface area (Å²) in [6, 6.07) is 0. The van der Waals surface area contributed by atoms with Gasteiger partial charge in [0.15, 0.2) is 0 Å². The van der Waals surface area contributed by atoms with Crippen molar-refractivity contribution in [1.82, 2.24) is 0 Å². The van der Waals surface area contributed by atoms with Crippen LogP contribution in [-0.2, 0) is 0 Å². The van der Waals surface area contributed by atoms with E-state index in [2.05, 4.69) is 20.4 Å². The Morgan fingerprint density at radius 2 is 2.25 bits per heavy atom. The van der Waals surface area contributed by atoms with Gasteiger partial charge in [-0.25, -0.2) is 0 Å². The largest absolute Gasteiger partial charge is 0.395 e. The molecule has 0 aromatic carbocycles. The second-order valence-electron chi connectivity index (χ2n) is 5.08. The molecule has 0 radical (unpaired) electrons. The smallest absolute Gasteiger partial charge is 0.0524 e. The number of aliphatic hydroxyl groups excluding tert-OH is 1. The lowest BCUT2D eigenvalue weighted by atomic mass is 9.69. The third-order valence-corrected chi connectivity index (χ3v) is 4.35. The van der Waals surface area contributed by atoms with Crippen molar-refractivity contribution >= 4 is 0 Å². The van der Waals surface area contributed by atoms with Crippen molar-refractivity contribution in [1.29, 1.82) is 0 Å². The fraction of sp³-hybridized carbons (Fsp3) is 0.818. The Morgan fingerprint density at radius 3 is 2.58 bits per heavy atom. The first kappa shape index (κ1) is 8.31. The van der Waals surface area contributed by atoms with Gasteiger partial charge in [0.2, 0.25) is 0 Å². The number of hydrogen-bond acceptors (Lipinski definition) is 1. The number of hydrogen-bond donors (Lipinski definition) is 1. The van der Waals surface area contributed by atoms with Crippen molar-refractivity contribution in [2.24, 2.45) is 16.7 Å². The van der Waals surface area contributed by atoms with Crippen LogP contribution in [0.5, 0.6) is 0 Å². The molecule has 0 saturated heterocycles. The lowest BCUT2D eigenvalue weighted by Crippen LogP contribution is -2.29. The standard InChI is InChI=1S/C11H18O/c1-8-10(2,3)9-4-5-11(8,6-9)7-12/h9,12H,1,4-7H2,2-3H3. The van der Waals surface area contributed by atoms with E-state index in [1.807, 2.05) is 0 Å². The molecular formula is C11H18O. The maximum Gasteiger partial charge on any atom is 0.0524 e. The van der Waals surface area contributed by atoms with Crippen LogP contribution >= 0.6 is 0 Å². The monoisotopic (exact) mass is 166 g/mol.